The van der Waals surface area contributed by atoms with Crippen LogP contribution < -0.4 is 4.90 Å². The fraction of sp³-hybridized carbons (Fsp3) is 0.368. The summed E-state index contributed by atoms with van der Waals surface area (Å²) >= 11 is 4.65. The minimum atomic E-state index is -0.555. The molecule has 0 aliphatic carbocycles. The average Bonchev–Trinajstić information content (AvgIpc) is 2.88. The molecule has 0 saturated carbocycles. The number of fused-ring (bicyclic) bond motifs is 3. The van der Waals surface area contributed by atoms with Crippen molar-refractivity contribution in [3.63, 3.8) is 0 Å². The Balaban J connectivity index is 1.95. The van der Waals surface area contributed by atoms with E-state index < -0.39 is 6.10 Å². The third-order valence-corrected chi connectivity index (χ3v) is 5.98. The van der Waals surface area contributed by atoms with E-state index in [4.69, 9.17) is 0 Å². The second-order valence-corrected chi connectivity index (χ2v) is 8.98. The fourth-order valence-corrected chi connectivity index (χ4v) is 4.48. The Hall–Kier alpha value is -0.460. The van der Waals surface area contributed by atoms with Gasteiger partial charge >= 0.3 is 0 Å². The van der Waals surface area contributed by atoms with Gasteiger partial charge in [-0.25, -0.2) is 0 Å². The predicted octanol–water partition coefficient (Wildman–Crippen LogP) is 1.23. The van der Waals surface area contributed by atoms with Gasteiger partial charge in [0.2, 0.25) is 0 Å². The molecule has 3 rings (SSSR count). The summed E-state index contributed by atoms with van der Waals surface area (Å²) in [5.41, 5.74) is 2.24. The van der Waals surface area contributed by atoms with E-state index in [1.165, 1.54) is 17.9 Å². The zero-order chi connectivity index (χ0) is 18.7. The first-order valence-corrected chi connectivity index (χ1v) is 10.8. The lowest BCUT2D eigenvalue weighted by Gasteiger charge is -2.21. The Bertz CT molecular complexity index is 832. The van der Waals surface area contributed by atoms with Gasteiger partial charge in [0.15, 0.2) is 0 Å². The molecule has 3 aromatic rings. The summed E-state index contributed by atoms with van der Waals surface area (Å²) in [5, 5.41) is 31.4. The SMILES string of the molecule is OCC[NH+](CCO)C[C@@H](O)Cn1c2ccc(I)cc2c2cc(I)ccc21. The third kappa shape index (κ3) is 4.50. The minimum Gasteiger partial charge on any atom is -0.391 e. The molecule has 5 nitrogen and oxygen atoms in total. The van der Waals surface area contributed by atoms with E-state index in [1.807, 2.05) is 0 Å². The smallest absolute Gasteiger partial charge is 0.121 e. The van der Waals surface area contributed by atoms with Crippen LogP contribution in [0.4, 0.5) is 0 Å². The van der Waals surface area contributed by atoms with Crippen LogP contribution in [0.2, 0.25) is 0 Å². The summed E-state index contributed by atoms with van der Waals surface area (Å²) < 4.78 is 4.56. The van der Waals surface area contributed by atoms with Gasteiger partial charge in [-0.05, 0) is 81.6 Å². The monoisotopic (exact) mass is 581 g/mol. The van der Waals surface area contributed by atoms with E-state index >= 15 is 0 Å². The van der Waals surface area contributed by atoms with Crippen molar-refractivity contribution in [3.8, 4) is 0 Å². The minimum absolute atomic E-state index is 0.0499. The second-order valence-electron chi connectivity index (χ2n) is 6.49. The number of hydrogen-bond donors (Lipinski definition) is 4. The highest BCUT2D eigenvalue weighted by Gasteiger charge is 2.18. The Morgan fingerprint density at radius 1 is 0.885 bits per heavy atom. The number of rotatable bonds is 8. The molecular weight excluding hydrogens is 558 g/mol. The van der Waals surface area contributed by atoms with Crippen LogP contribution in [0.25, 0.3) is 21.8 Å². The van der Waals surface area contributed by atoms with Crippen LogP contribution in [0.15, 0.2) is 36.4 Å². The average molecular weight is 581 g/mol. The highest BCUT2D eigenvalue weighted by molar-refractivity contribution is 14.1. The molecule has 7 heteroatoms. The van der Waals surface area contributed by atoms with Crippen LogP contribution >= 0.6 is 45.2 Å². The molecular formula is C19H23I2N2O3+. The Morgan fingerprint density at radius 3 is 1.85 bits per heavy atom. The normalized spacial score (nSPS) is 13.2. The molecule has 0 saturated heterocycles. The molecule has 1 atom stereocenters. The van der Waals surface area contributed by atoms with Gasteiger partial charge in [-0.15, -0.1) is 0 Å². The van der Waals surface area contributed by atoms with Gasteiger partial charge < -0.3 is 24.8 Å². The molecule has 0 bridgehead atoms. The molecule has 1 heterocycles. The van der Waals surface area contributed by atoms with Gasteiger partial charge in [0.25, 0.3) is 0 Å². The van der Waals surface area contributed by atoms with E-state index in [1.54, 1.807) is 0 Å². The summed E-state index contributed by atoms with van der Waals surface area (Å²) in [7, 11) is 0. The molecule has 4 N–H and O–H groups in total. The first kappa shape index (κ1) is 20.3. The van der Waals surface area contributed by atoms with E-state index in [0.29, 0.717) is 26.2 Å². The first-order valence-electron chi connectivity index (χ1n) is 8.64. The van der Waals surface area contributed by atoms with Gasteiger partial charge in [0.05, 0.1) is 19.8 Å². The molecule has 0 fully saturated rings. The van der Waals surface area contributed by atoms with Gasteiger partial charge in [0, 0.05) is 28.9 Å². The van der Waals surface area contributed by atoms with Crippen LogP contribution in [0.5, 0.6) is 0 Å². The predicted molar refractivity (Wildman–Crippen MR) is 121 cm³/mol. The Morgan fingerprint density at radius 2 is 1.38 bits per heavy atom. The summed E-state index contributed by atoms with van der Waals surface area (Å²) in [5.74, 6) is 0. The summed E-state index contributed by atoms with van der Waals surface area (Å²) in [6.07, 6.45) is -0.555. The number of nitrogens with one attached hydrogen (secondary N) is 1. The van der Waals surface area contributed by atoms with Crippen LogP contribution in [0.1, 0.15) is 0 Å². The standard InChI is InChI=1S/C19H22I2N2O3/c20-13-1-3-18-16(9-13)17-10-14(21)2-4-19(17)23(18)12-15(26)11-22(5-7-24)6-8-25/h1-4,9-10,15,24-26H,5-8,11-12H2/p+1/t15-/m1/s1. The van der Waals surface area contributed by atoms with Crippen molar-refractivity contribution in [1.29, 1.82) is 0 Å². The number of quaternary nitrogens is 1. The van der Waals surface area contributed by atoms with E-state index in [9.17, 15) is 15.3 Å². The van der Waals surface area contributed by atoms with Crippen molar-refractivity contribution in [2.45, 2.75) is 12.6 Å². The molecule has 0 aliphatic rings. The molecule has 2 aromatic carbocycles. The third-order valence-electron chi connectivity index (χ3n) is 4.64. The lowest BCUT2D eigenvalue weighted by molar-refractivity contribution is -0.904. The van der Waals surface area contributed by atoms with Crippen LogP contribution in [-0.2, 0) is 6.54 Å². The second kappa shape index (κ2) is 9.16. The number of hydrogen-bond acceptors (Lipinski definition) is 3. The van der Waals surface area contributed by atoms with Crippen LogP contribution in [-0.4, -0.2) is 58.8 Å². The highest BCUT2D eigenvalue weighted by atomic mass is 127. The number of benzene rings is 2. The Kier molecular flexibility index (Phi) is 7.14. The number of aliphatic hydroxyl groups is 3. The number of nitrogens with zero attached hydrogens (tertiary/aromatic N) is 1. The van der Waals surface area contributed by atoms with E-state index in [0.717, 1.165) is 15.9 Å². The van der Waals surface area contributed by atoms with Crippen LogP contribution in [0, 0.1) is 7.14 Å². The molecule has 0 amide bonds. The van der Waals surface area contributed by atoms with E-state index in [-0.39, 0.29) is 13.2 Å². The lowest BCUT2D eigenvalue weighted by atomic mass is 10.2. The summed E-state index contributed by atoms with van der Waals surface area (Å²) in [4.78, 5) is 1.01. The molecule has 0 aliphatic heterocycles. The van der Waals surface area contributed by atoms with Gasteiger partial charge in [-0.1, -0.05) is 0 Å². The zero-order valence-electron chi connectivity index (χ0n) is 14.3. The topological polar surface area (TPSA) is 70.1 Å². The number of aliphatic hydroxyl groups excluding tert-OH is 3. The highest BCUT2D eigenvalue weighted by Crippen LogP contribution is 2.31. The number of aromatic nitrogens is 1. The van der Waals surface area contributed by atoms with Crippen LogP contribution in [0.3, 0.4) is 0 Å². The van der Waals surface area contributed by atoms with E-state index in [2.05, 4.69) is 86.1 Å². The maximum Gasteiger partial charge on any atom is 0.121 e. The van der Waals surface area contributed by atoms with Gasteiger partial charge in [-0.3, -0.25) is 0 Å². The molecule has 0 unspecified atom stereocenters. The maximum atomic E-state index is 10.7. The van der Waals surface area contributed by atoms with Gasteiger partial charge in [-0.2, -0.15) is 0 Å². The summed E-state index contributed by atoms with van der Waals surface area (Å²) in [6, 6.07) is 12.8. The van der Waals surface area contributed by atoms with Crippen molar-refractivity contribution in [1.82, 2.24) is 4.57 Å². The van der Waals surface area contributed by atoms with Crippen molar-refractivity contribution in [2.75, 3.05) is 32.8 Å². The van der Waals surface area contributed by atoms with Crippen molar-refractivity contribution >= 4 is 67.0 Å². The number of halogens is 2. The fourth-order valence-electron chi connectivity index (χ4n) is 3.50. The molecule has 140 valence electrons. The summed E-state index contributed by atoms with van der Waals surface area (Å²) in [6.45, 7) is 2.14. The van der Waals surface area contributed by atoms with Crippen molar-refractivity contribution < 1.29 is 20.2 Å². The van der Waals surface area contributed by atoms with Gasteiger partial charge in [0.1, 0.15) is 25.7 Å². The Labute approximate surface area is 179 Å². The van der Waals surface area contributed by atoms with Crippen molar-refractivity contribution in [2.24, 2.45) is 0 Å². The van der Waals surface area contributed by atoms with Crippen molar-refractivity contribution in [3.05, 3.63) is 43.5 Å². The first-order chi connectivity index (χ1) is 12.5. The lowest BCUT2D eigenvalue weighted by Crippen LogP contribution is -3.14. The maximum absolute atomic E-state index is 10.7. The molecule has 0 radical (unpaired) electrons. The molecule has 0 spiro atoms. The molecule has 26 heavy (non-hydrogen) atoms. The zero-order valence-corrected chi connectivity index (χ0v) is 18.6. The quantitative estimate of drug-likeness (QED) is 0.303. The largest absolute Gasteiger partial charge is 0.391 e. The molecule has 1 aromatic heterocycles.